The summed E-state index contributed by atoms with van der Waals surface area (Å²) in [7, 11) is 0. The molecule has 8 nitrogen and oxygen atoms in total. The number of hydrogen-bond acceptors (Lipinski definition) is 5. The minimum absolute atomic E-state index is 0.00963. The molecular formula is C11H20N4O4. The van der Waals surface area contributed by atoms with Crippen LogP contribution in [0.1, 0.15) is 13.3 Å². The summed E-state index contributed by atoms with van der Waals surface area (Å²) in [6.45, 7) is 4.25. The van der Waals surface area contributed by atoms with E-state index in [1.807, 2.05) is 9.80 Å². The zero-order valence-corrected chi connectivity index (χ0v) is 11.0. The summed E-state index contributed by atoms with van der Waals surface area (Å²) in [6, 6.07) is -1.32. The van der Waals surface area contributed by atoms with E-state index in [9.17, 15) is 14.4 Å². The number of carboxylic acids is 1. The van der Waals surface area contributed by atoms with Gasteiger partial charge in [0.25, 0.3) is 0 Å². The molecule has 1 fully saturated rings. The number of rotatable bonds is 4. The smallest absolute Gasteiger partial charge is 0.318 e. The number of aliphatic carboxylic acids is 1. The number of imide groups is 1. The predicted octanol–water partition coefficient (Wildman–Crippen LogP) is -1.34. The van der Waals surface area contributed by atoms with Gasteiger partial charge in [0, 0.05) is 26.2 Å². The van der Waals surface area contributed by atoms with E-state index in [2.05, 4.69) is 5.32 Å². The van der Waals surface area contributed by atoms with Gasteiger partial charge in [-0.1, -0.05) is 0 Å². The van der Waals surface area contributed by atoms with Gasteiger partial charge < -0.3 is 10.8 Å². The number of carboxylic acid groups (broad SMARTS) is 1. The Hall–Kier alpha value is -1.67. The average molecular weight is 272 g/mol. The second-order valence-electron chi connectivity index (χ2n) is 4.59. The Kier molecular flexibility index (Phi) is 5.71. The molecule has 0 aliphatic carbocycles. The normalized spacial score (nSPS) is 19.4. The summed E-state index contributed by atoms with van der Waals surface area (Å²) >= 11 is 0. The number of nitrogens with one attached hydrogen (secondary N) is 1. The molecule has 108 valence electrons. The lowest BCUT2D eigenvalue weighted by molar-refractivity contribution is -0.138. The standard InChI is InChI=1S/C11H20N4O4/c1-8(10(18)13-11(12)19)15-4-2-3-14(5-6-15)7-9(16)17/h8H,2-7H2,1H3,(H,16,17)(H3,12,13,18,19). The molecule has 8 heteroatoms. The van der Waals surface area contributed by atoms with Gasteiger partial charge >= 0.3 is 12.0 Å². The number of carbonyl (C=O) groups excluding carboxylic acids is 2. The van der Waals surface area contributed by atoms with E-state index in [1.54, 1.807) is 6.92 Å². The van der Waals surface area contributed by atoms with Crippen molar-refractivity contribution >= 4 is 17.9 Å². The zero-order valence-electron chi connectivity index (χ0n) is 11.0. The highest BCUT2D eigenvalue weighted by Crippen LogP contribution is 2.07. The molecule has 3 amide bonds. The Morgan fingerprint density at radius 2 is 1.95 bits per heavy atom. The molecule has 0 aromatic carbocycles. The Morgan fingerprint density at radius 3 is 2.53 bits per heavy atom. The lowest BCUT2D eigenvalue weighted by Gasteiger charge is -2.26. The molecule has 4 N–H and O–H groups in total. The van der Waals surface area contributed by atoms with Gasteiger partial charge in [0.05, 0.1) is 12.6 Å². The fraction of sp³-hybridized carbons (Fsp3) is 0.727. The maximum Gasteiger partial charge on any atom is 0.318 e. The van der Waals surface area contributed by atoms with Crippen LogP contribution < -0.4 is 11.1 Å². The van der Waals surface area contributed by atoms with Gasteiger partial charge in [0.1, 0.15) is 0 Å². The van der Waals surface area contributed by atoms with Crippen molar-refractivity contribution in [1.82, 2.24) is 15.1 Å². The van der Waals surface area contributed by atoms with Gasteiger partial charge in [0.15, 0.2) is 0 Å². The lowest BCUT2D eigenvalue weighted by atomic mass is 10.2. The van der Waals surface area contributed by atoms with Crippen LogP contribution in [0.3, 0.4) is 0 Å². The van der Waals surface area contributed by atoms with E-state index in [1.165, 1.54) is 0 Å². The van der Waals surface area contributed by atoms with Gasteiger partial charge in [-0.2, -0.15) is 0 Å². The highest BCUT2D eigenvalue weighted by atomic mass is 16.4. The van der Waals surface area contributed by atoms with E-state index < -0.39 is 23.9 Å². The average Bonchev–Trinajstić information content (AvgIpc) is 2.52. The van der Waals surface area contributed by atoms with Crippen LogP contribution >= 0.6 is 0 Å². The summed E-state index contributed by atoms with van der Waals surface area (Å²) in [6.07, 6.45) is 0.779. The molecule has 1 saturated heterocycles. The van der Waals surface area contributed by atoms with Crippen molar-refractivity contribution < 1.29 is 19.5 Å². The van der Waals surface area contributed by atoms with Crippen LogP contribution in [0, 0.1) is 0 Å². The molecule has 1 atom stereocenters. The van der Waals surface area contributed by atoms with Gasteiger partial charge in [-0.15, -0.1) is 0 Å². The number of carbonyl (C=O) groups is 3. The van der Waals surface area contributed by atoms with E-state index in [0.717, 1.165) is 6.42 Å². The van der Waals surface area contributed by atoms with Gasteiger partial charge in [0.2, 0.25) is 5.91 Å². The molecule has 1 aliphatic rings. The number of nitrogens with zero attached hydrogens (tertiary/aromatic N) is 2. The molecule has 19 heavy (non-hydrogen) atoms. The Bertz CT molecular complexity index is 361. The van der Waals surface area contributed by atoms with Crippen LogP contribution in [-0.2, 0) is 9.59 Å². The maximum atomic E-state index is 11.7. The summed E-state index contributed by atoms with van der Waals surface area (Å²) in [4.78, 5) is 36.7. The van der Waals surface area contributed by atoms with Crippen molar-refractivity contribution in [2.24, 2.45) is 5.73 Å². The van der Waals surface area contributed by atoms with Crippen molar-refractivity contribution in [3.8, 4) is 0 Å². The zero-order chi connectivity index (χ0) is 14.4. The first kappa shape index (κ1) is 15.4. The van der Waals surface area contributed by atoms with Crippen molar-refractivity contribution in [1.29, 1.82) is 0 Å². The fourth-order valence-electron chi connectivity index (χ4n) is 2.12. The van der Waals surface area contributed by atoms with E-state index in [0.29, 0.717) is 26.2 Å². The Labute approximate surface area is 111 Å². The van der Waals surface area contributed by atoms with Crippen LogP contribution in [0.4, 0.5) is 4.79 Å². The minimum Gasteiger partial charge on any atom is -0.480 e. The number of amides is 3. The SMILES string of the molecule is CC(C(=O)NC(N)=O)N1CCCN(CC(=O)O)CC1. The highest BCUT2D eigenvalue weighted by molar-refractivity contribution is 5.96. The molecule has 1 rings (SSSR count). The van der Waals surface area contributed by atoms with Gasteiger partial charge in [-0.3, -0.25) is 24.7 Å². The van der Waals surface area contributed by atoms with Crippen molar-refractivity contribution in [3.63, 3.8) is 0 Å². The monoisotopic (exact) mass is 272 g/mol. The van der Waals surface area contributed by atoms with Crippen LogP contribution in [0.2, 0.25) is 0 Å². The molecule has 0 saturated carbocycles. The summed E-state index contributed by atoms with van der Waals surface area (Å²) in [5.41, 5.74) is 4.91. The highest BCUT2D eigenvalue weighted by Gasteiger charge is 2.25. The van der Waals surface area contributed by atoms with Crippen LogP contribution in [-0.4, -0.2) is 71.6 Å². The summed E-state index contributed by atoms with van der Waals surface area (Å²) in [5, 5.41) is 10.8. The van der Waals surface area contributed by atoms with Crippen LogP contribution in [0.5, 0.6) is 0 Å². The third kappa shape index (κ3) is 5.23. The maximum absolute atomic E-state index is 11.7. The largest absolute Gasteiger partial charge is 0.480 e. The second-order valence-corrected chi connectivity index (χ2v) is 4.59. The minimum atomic E-state index is -0.862. The molecule has 0 aromatic rings. The van der Waals surface area contributed by atoms with Gasteiger partial charge in [-0.25, -0.2) is 4.79 Å². The molecule has 1 aliphatic heterocycles. The Balaban J connectivity index is 2.49. The van der Waals surface area contributed by atoms with E-state index in [4.69, 9.17) is 10.8 Å². The molecule has 0 aromatic heterocycles. The third-order valence-corrected chi connectivity index (χ3v) is 3.16. The number of primary amides is 1. The first-order valence-electron chi connectivity index (χ1n) is 6.18. The number of nitrogens with two attached hydrogens (primary N) is 1. The third-order valence-electron chi connectivity index (χ3n) is 3.16. The molecule has 1 heterocycles. The summed E-state index contributed by atoms with van der Waals surface area (Å²) in [5.74, 6) is -1.29. The predicted molar refractivity (Wildman–Crippen MR) is 67.5 cm³/mol. The quantitative estimate of drug-likeness (QED) is 0.583. The van der Waals surface area contributed by atoms with E-state index in [-0.39, 0.29) is 6.54 Å². The first-order valence-corrected chi connectivity index (χ1v) is 6.18. The van der Waals surface area contributed by atoms with E-state index >= 15 is 0 Å². The van der Waals surface area contributed by atoms with Crippen molar-refractivity contribution in [2.45, 2.75) is 19.4 Å². The molecule has 0 spiro atoms. The molecule has 0 bridgehead atoms. The summed E-state index contributed by atoms with van der Waals surface area (Å²) < 4.78 is 0. The molecular weight excluding hydrogens is 252 g/mol. The van der Waals surface area contributed by atoms with Crippen LogP contribution in [0.15, 0.2) is 0 Å². The second kappa shape index (κ2) is 7.05. The molecule has 1 unspecified atom stereocenters. The van der Waals surface area contributed by atoms with Gasteiger partial charge in [-0.05, 0) is 13.3 Å². The van der Waals surface area contributed by atoms with Crippen LogP contribution in [0.25, 0.3) is 0 Å². The first-order chi connectivity index (χ1) is 8.90. The van der Waals surface area contributed by atoms with Crippen molar-refractivity contribution in [3.05, 3.63) is 0 Å². The molecule has 0 radical (unpaired) electrons. The number of hydrogen-bond donors (Lipinski definition) is 3. The Morgan fingerprint density at radius 1 is 1.26 bits per heavy atom. The lowest BCUT2D eigenvalue weighted by Crippen LogP contribution is -2.49. The topological polar surface area (TPSA) is 116 Å². The fourth-order valence-corrected chi connectivity index (χ4v) is 2.12. The number of urea groups is 1. The van der Waals surface area contributed by atoms with Crippen molar-refractivity contribution in [2.75, 3.05) is 32.7 Å².